The van der Waals surface area contributed by atoms with Gasteiger partial charge < -0.3 is 4.74 Å². The van der Waals surface area contributed by atoms with Crippen molar-refractivity contribution in [3.8, 4) is 0 Å². The second kappa shape index (κ2) is 6.65. The van der Waals surface area contributed by atoms with Crippen molar-refractivity contribution in [2.75, 3.05) is 51.8 Å². The van der Waals surface area contributed by atoms with Crippen molar-refractivity contribution in [1.29, 1.82) is 0 Å². The van der Waals surface area contributed by atoms with Gasteiger partial charge in [-0.25, -0.2) is 0 Å². The monoisotopic (exact) mass is 204 g/mol. The van der Waals surface area contributed by atoms with Gasteiger partial charge in [0.05, 0.1) is 6.61 Å². The molecule has 0 unspecified atom stereocenters. The van der Waals surface area contributed by atoms with Gasteiger partial charge in [0.25, 0.3) is 0 Å². The molecule has 0 amide bonds. The first kappa shape index (κ1) is 11.3. The standard InChI is InChI=1S/C9H20N2OS/c1-2-12-8-7-10-3-5-11(9-13)6-4-10/h13H,2-9H2,1H3. The predicted octanol–water partition coefficient (Wildman–Crippen LogP) is 0.528. The van der Waals surface area contributed by atoms with Crippen molar-refractivity contribution < 1.29 is 4.74 Å². The van der Waals surface area contributed by atoms with Crippen LogP contribution in [-0.2, 0) is 4.74 Å². The summed E-state index contributed by atoms with van der Waals surface area (Å²) in [7, 11) is 0. The Labute approximate surface area is 86.4 Å². The molecule has 0 atom stereocenters. The maximum Gasteiger partial charge on any atom is 0.0593 e. The fraction of sp³-hybridized carbons (Fsp3) is 1.00. The molecule has 3 nitrogen and oxygen atoms in total. The quantitative estimate of drug-likeness (QED) is 0.519. The zero-order valence-electron chi connectivity index (χ0n) is 8.41. The predicted molar refractivity (Wildman–Crippen MR) is 58.4 cm³/mol. The lowest BCUT2D eigenvalue weighted by atomic mass is 10.3. The maximum atomic E-state index is 5.32. The van der Waals surface area contributed by atoms with Gasteiger partial charge in [0.15, 0.2) is 0 Å². The van der Waals surface area contributed by atoms with Gasteiger partial charge in [-0.05, 0) is 6.92 Å². The van der Waals surface area contributed by atoms with Crippen LogP contribution in [0, 0.1) is 0 Å². The molecule has 13 heavy (non-hydrogen) atoms. The Bertz CT molecular complexity index is 124. The van der Waals surface area contributed by atoms with E-state index in [4.69, 9.17) is 4.74 Å². The summed E-state index contributed by atoms with van der Waals surface area (Å²) >= 11 is 4.26. The highest BCUT2D eigenvalue weighted by Gasteiger charge is 2.14. The van der Waals surface area contributed by atoms with Gasteiger partial charge in [-0.2, -0.15) is 12.6 Å². The van der Waals surface area contributed by atoms with Crippen LogP contribution >= 0.6 is 12.6 Å². The Morgan fingerprint density at radius 1 is 1.15 bits per heavy atom. The third kappa shape index (κ3) is 4.31. The van der Waals surface area contributed by atoms with Gasteiger partial charge in [0.1, 0.15) is 0 Å². The van der Waals surface area contributed by atoms with E-state index < -0.39 is 0 Å². The Kier molecular flexibility index (Phi) is 5.78. The van der Waals surface area contributed by atoms with E-state index in [0.717, 1.165) is 51.8 Å². The summed E-state index contributed by atoms with van der Waals surface area (Å²) in [5.74, 6) is 0.888. The molecule has 0 N–H and O–H groups in total. The lowest BCUT2D eigenvalue weighted by Gasteiger charge is -2.33. The largest absolute Gasteiger partial charge is 0.380 e. The summed E-state index contributed by atoms with van der Waals surface area (Å²) in [6.45, 7) is 9.44. The van der Waals surface area contributed by atoms with E-state index in [0.29, 0.717) is 0 Å². The highest BCUT2D eigenvalue weighted by molar-refractivity contribution is 7.80. The van der Waals surface area contributed by atoms with Crippen LogP contribution < -0.4 is 0 Å². The molecule has 0 radical (unpaired) electrons. The van der Waals surface area contributed by atoms with Gasteiger partial charge in [-0.15, -0.1) is 0 Å². The third-order valence-electron chi connectivity index (χ3n) is 2.42. The van der Waals surface area contributed by atoms with Gasteiger partial charge >= 0.3 is 0 Å². The Hall–Kier alpha value is 0.230. The number of hydrogen-bond donors (Lipinski definition) is 1. The average molecular weight is 204 g/mol. The smallest absolute Gasteiger partial charge is 0.0593 e. The first-order chi connectivity index (χ1) is 6.36. The molecule has 0 bridgehead atoms. The van der Waals surface area contributed by atoms with Crippen molar-refractivity contribution in [2.24, 2.45) is 0 Å². The minimum atomic E-state index is 0.830. The van der Waals surface area contributed by atoms with Gasteiger partial charge in [-0.1, -0.05) is 0 Å². The number of ether oxygens (including phenoxy) is 1. The van der Waals surface area contributed by atoms with Gasteiger partial charge in [-0.3, -0.25) is 9.80 Å². The fourth-order valence-electron chi connectivity index (χ4n) is 1.49. The molecular weight excluding hydrogens is 184 g/mol. The normalized spacial score (nSPS) is 20.8. The van der Waals surface area contributed by atoms with Crippen molar-refractivity contribution in [3.63, 3.8) is 0 Å². The van der Waals surface area contributed by atoms with Crippen LogP contribution in [0.5, 0.6) is 0 Å². The van der Waals surface area contributed by atoms with Crippen LogP contribution in [0.4, 0.5) is 0 Å². The van der Waals surface area contributed by atoms with E-state index in [2.05, 4.69) is 22.4 Å². The first-order valence-corrected chi connectivity index (χ1v) is 5.63. The minimum Gasteiger partial charge on any atom is -0.380 e. The summed E-state index contributed by atoms with van der Waals surface area (Å²) in [5, 5.41) is 0. The molecule has 0 saturated carbocycles. The summed E-state index contributed by atoms with van der Waals surface area (Å²) in [4.78, 5) is 4.82. The number of rotatable bonds is 5. The third-order valence-corrected chi connectivity index (χ3v) is 2.82. The van der Waals surface area contributed by atoms with E-state index in [1.807, 2.05) is 6.92 Å². The maximum absolute atomic E-state index is 5.32. The van der Waals surface area contributed by atoms with Crippen molar-refractivity contribution in [3.05, 3.63) is 0 Å². The topological polar surface area (TPSA) is 15.7 Å². The molecular formula is C9H20N2OS. The van der Waals surface area contributed by atoms with E-state index in [-0.39, 0.29) is 0 Å². The molecule has 0 aromatic rings. The number of piperazine rings is 1. The van der Waals surface area contributed by atoms with Crippen LogP contribution in [0.3, 0.4) is 0 Å². The molecule has 4 heteroatoms. The SMILES string of the molecule is CCOCCN1CCN(CS)CC1. The molecule has 78 valence electrons. The molecule has 0 spiro atoms. The number of nitrogens with zero attached hydrogens (tertiary/aromatic N) is 2. The van der Waals surface area contributed by atoms with Crippen molar-refractivity contribution in [1.82, 2.24) is 9.80 Å². The lowest BCUT2D eigenvalue weighted by molar-refractivity contribution is 0.0867. The van der Waals surface area contributed by atoms with Crippen LogP contribution in [-0.4, -0.2) is 61.6 Å². The highest BCUT2D eigenvalue weighted by Crippen LogP contribution is 2.01. The Balaban J connectivity index is 2.03. The van der Waals surface area contributed by atoms with Crippen molar-refractivity contribution in [2.45, 2.75) is 6.92 Å². The number of hydrogen-bond acceptors (Lipinski definition) is 4. The van der Waals surface area contributed by atoms with E-state index in [9.17, 15) is 0 Å². The molecule has 1 fully saturated rings. The first-order valence-electron chi connectivity index (χ1n) is 5.00. The summed E-state index contributed by atoms with van der Waals surface area (Å²) < 4.78 is 5.32. The van der Waals surface area contributed by atoms with Crippen LogP contribution in [0.25, 0.3) is 0 Å². The molecule has 0 aliphatic carbocycles. The number of thiol groups is 1. The molecule has 1 aliphatic rings. The lowest BCUT2D eigenvalue weighted by Crippen LogP contribution is -2.46. The molecule has 1 aliphatic heterocycles. The Morgan fingerprint density at radius 2 is 1.77 bits per heavy atom. The molecule has 1 saturated heterocycles. The molecule has 0 aromatic carbocycles. The molecule has 1 rings (SSSR count). The van der Waals surface area contributed by atoms with Crippen molar-refractivity contribution >= 4 is 12.6 Å². The van der Waals surface area contributed by atoms with Gasteiger partial charge in [0.2, 0.25) is 0 Å². The second-order valence-electron chi connectivity index (χ2n) is 3.30. The summed E-state index contributed by atoms with van der Waals surface area (Å²) in [6, 6.07) is 0. The fourth-order valence-corrected chi connectivity index (χ4v) is 1.78. The highest BCUT2D eigenvalue weighted by atomic mass is 32.1. The Morgan fingerprint density at radius 3 is 2.31 bits per heavy atom. The summed E-state index contributed by atoms with van der Waals surface area (Å²) in [6.07, 6.45) is 0. The average Bonchev–Trinajstić information content (AvgIpc) is 2.19. The van der Waals surface area contributed by atoms with E-state index in [1.165, 1.54) is 0 Å². The second-order valence-corrected chi connectivity index (χ2v) is 3.58. The van der Waals surface area contributed by atoms with Gasteiger partial charge in [0, 0.05) is 45.2 Å². The zero-order valence-corrected chi connectivity index (χ0v) is 9.30. The molecule has 0 aromatic heterocycles. The van der Waals surface area contributed by atoms with E-state index in [1.54, 1.807) is 0 Å². The minimum absolute atomic E-state index is 0.830. The van der Waals surface area contributed by atoms with Crippen LogP contribution in [0.15, 0.2) is 0 Å². The van der Waals surface area contributed by atoms with Crippen LogP contribution in [0.1, 0.15) is 6.92 Å². The zero-order chi connectivity index (χ0) is 9.52. The molecule has 1 heterocycles. The van der Waals surface area contributed by atoms with Crippen LogP contribution in [0.2, 0.25) is 0 Å². The van der Waals surface area contributed by atoms with E-state index >= 15 is 0 Å². The summed E-state index contributed by atoms with van der Waals surface area (Å²) in [5.41, 5.74) is 0.